The Bertz CT molecular complexity index is 806. The lowest BCUT2D eigenvalue weighted by atomic mass is 10.1. The van der Waals surface area contributed by atoms with Gasteiger partial charge in [-0.2, -0.15) is 0 Å². The largest absolute Gasteiger partial charge is 0.302 e. The van der Waals surface area contributed by atoms with E-state index in [1.807, 2.05) is 6.07 Å². The third-order valence-electron chi connectivity index (χ3n) is 5.31. The van der Waals surface area contributed by atoms with Crippen molar-refractivity contribution in [3.05, 3.63) is 36.7 Å². The molecule has 162 valence electrons. The summed E-state index contributed by atoms with van der Waals surface area (Å²) in [6.07, 6.45) is 13.2. The highest BCUT2D eigenvalue weighted by Crippen LogP contribution is 2.21. The number of aromatic nitrogens is 1. The van der Waals surface area contributed by atoms with E-state index in [1.165, 1.54) is 51.4 Å². The fraction of sp³-hybridized carbons (Fsp3) is 0.609. The molecule has 29 heavy (non-hydrogen) atoms. The second-order valence-electron chi connectivity index (χ2n) is 7.71. The lowest BCUT2D eigenvalue weighted by molar-refractivity contribution is 0.265. The number of fused-ring (bicyclic) bond motifs is 1. The van der Waals surface area contributed by atoms with Crippen molar-refractivity contribution >= 4 is 20.8 Å². The average molecular weight is 420 g/mol. The van der Waals surface area contributed by atoms with Gasteiger partial charge in [-0.15, -0.1) is 0 Å². The maximum absolute atomic E-state index is 12.9. The molecule has 0 aliphatic rings. The summed E-state index contributed by atoms with van der Waals surface area (Å²) in [6.45, 7) is 7.73. The molecular weight excluding hydrogens is 382 g/mol. The van der Waals surface area contributed by atoms with E-state index in [9.17, 15) is 8.42 Å². The van der Waals surface area contributed by atoms with Crippen LogP contribution in [0.1, 0.15) is 65.2 Å². The van der Waals surface area contributed by atoms with Crippen LogP contribution in [0.25, 0.3) is 10.8 Å². The Kier molecular flexibility index (Phi) is 10.6. The van der Waals surface area contributed by atoms with Crippen molar-refractivity contribution in [1.29, 1.82) is 0 Å². The highest BCUT2D eigenvalue weighted by molar-refractivity contribution is 7.89. The molecular formula is C23H37N3O2S. The minimum atomic E-state index is -3.55. The summed E-state index contributed by atoms with van der Waals surface area (Å²) in [4.78, 5) is 6.83. The van der Waals surface area contributed by atoms with Crippen LogP contribution in [0.15, 0.2) is 41.6 Å². The summed E-state index contributed by atoms with van der Waals surface area (Å²) in [5.41, 5.74) is 0. The first-order valence-electron chi connectivity index (χ1n) is 11.1. The van der Waals surface area contributed by atoms with E-state index >= 15 is 0 Å². The third-order valence-corrected chi connectivity index (χ3v) is 6.83. The van der Waals surface area contributed by atoms with Crippen LogP contribution in [0.3, 0.4) is 0 Å². The van der Waals surface area contributed by atoms with Crippen LogP contribution in [0.2, 0.25) is 0 Å². The fourth-order valence-electron chi connectivity index (χ4n) is 3.60. The smallest absolute Gasteiger partial charge is 0.241 e. The highest BCUT2D eigenvalue weighted by atomic mass is 32.2. The van der Waals surface area contributed by atoms with Gasteiger partial charge in [0.15, 0.2) is 0 Å². The molecule has 0 amide bonds. The summed E-state index contributed by atoms with van der Waals surface area (Å²) in [5.74, 6) is 0. The molecule has 0 aliphatic heterocycles. The zero-order valence-electron chi connectivity index (χ0n) is 18.1. The van der Waals surface area contributed by atoms with Gasteiger partial charge in [-0.05, 0) is 38.1 Å². The number of unbranched alkanes of at least 4 members (excludes halogenated alkanes) is 6. The number of benzene rings is 1. The van der Waals surface area contributed by atoms with Gasteiger partial charge in [-0.25, -0.2) is 13.1 Å². The van der Waals surface area contributed by atoms with Crippen molar-refractivity contribution in [2.75, 3.05) is 26.2 Å². The molecule has 1 heterocycles. The molecule has 0 aliphatic carbocycles. The summed E-state index contributed by atoms with van der Waals surface area (Å²) < 4.78 is 28.6. The van der Waals surface area contributed by atoms with Crippen LogP contribution in [0.4, 0.5) is 0 Å². The second-order valence-corrected chi connectivity index (χ2v) is 9.45. The molecule has 5 nitrogen and oxygen atoms in total. The standard InChI is InChI=1S/C23H37N3O2S/c1-3-5-7-9-17-26(18-10-8-6-4-2)19-16-25-29(27,28)23-13-11-12-21-20-24-15-14-22(21)23/h11-15,20,25H,3-10,16-19H2,1-2H3. The van der Waals surface area contributed by atoms with Gasteiger partial charge >= 0.3 is 0 Å². The van der Waals surface area contributed by atoms with E-state index in [-0.39, 0.29) is 0 Å². The van der Waals surface area contributed by atoms with E-state index in [0.717, 1.165) is 25.0 Å². The van der Waals surface area contributed by atoms with E-state index in [2.05, 4.69) is 28.5 Å². The number of nitrogens with one attached hydrogen (secondary N) is 1. The monoisotopic (exact) mass is 419 g/mol. The summed E-state index contributed by atoms with van der Waals surface area (Å²) in [6, 6.07) is 7.08. The van der Waals surface area contributed by atoms with Gasteiger partial charge in [0.05, 0.1) is 4.90 Å². The van der Waals surface area contributed by atoms with Crippen LogP contribution in [0.5, 0.6) is 0 Å². The molecule has 1 aromatic heterocycles. The maximum Gasteiger partial charge on any atom is 0.241 e. The molecule has 0 fully saturated rings. The molecule has 0 spiro atoms. The van der Waals surface area contributed by atoms with Crippen LogP contribution < -0.4 is 4.72 Å². The Balaban J connectivity index is 1.93. The number of nitrogens with zero attached hydrogens (tertiary/aromatic N) is 2. The van der Waals surface area contributed by atoms with Crippen LogP contribution in [-0.2, 0) is 10.0 Å². The van der Waals surface area contributed by atoms with Crippen molar-refractivity contribution in [3.63, 3.8) is 0 Å². The lowest BCUT2D eigenvalue weighted by Crippen LogP contribution is -2.36. The van der Waals surface area contributed by atoms with E-state index in [0.29, 0.717) is 16.8 Å². The zero-order chi connectivity index (χ0) is 21.0. The molecule has 0 atom stereocenters. The summed E-state index contributed by atoms with van der Waals surface area (Å²) in [5, 5.41) is 1.55. The predicted octanol–water partition coefficient (Wildman–Crippen LogP) is 4.98. The Morgan fingerprint density at radius 3 is 2.24 bits per heavy atom. The Hall–Kier alpha value is -1.50. The molecule has 1 N–H and O–H groups in total. The Morgan fingerprint density at radius 2 is 1.59 bits per heavy atom. The van der Waals surface area contributed by atoms with E-state index in [1.54, 1.807) is 30.6 Å². The Labute approximate surface area is 177 Å². The zero-order valence-corrected chi connectivity index (χ0v) is 18.9. The lowest BCUT2D eigenvalue weighted by Gasteiger charge is -2.22. The topological polar surface area (TPSA) is 62.3 Å². The molecule has 1 aromatic carbocycles. The number of sulfonamides is 1. The molecule has 2 aromatic rings. The number of hydrogen-bond donors (Lipinski definition) is 1. The third kappa shape index (κ3) is 8.03. The first kappa shape index (κ1) is 23.8. The molecule has 0 radical (unpaired) electrons. The number of hydrogen-bond acceptors (Lipinski definition) is 4. The fourth-order valence-corrected chi connectivity index (χ4v) is 4.85. The van der Waals surface area contributed by atoms with E-state index in [4.69, 9.17) is 0 Å². The molecule has 0 unspecified atom stereocenters. The second kappa shape index (κ2) is 12.9. The molecule has 0 saturated heterocycles. The first-order chi connectivity index (χ1) is 14.1. The predicted molar refractivity (Wildman–Crippen MR) is 122 cm³/mol. The van der Waals surface area contributed by atoms with Crippen molar-refractivity contribution < 1.29 is 8.42 Å². The maximum atomic E-state index is 12.9. The average Bonchev–Trinajstić information content (AvgIpc) is 2.73. The van der Waals surface area contributed by atoms with Gasteiger partial charge in [0.25, 0.3) is 0 Å². The van der Waals surface area contributed by atoms with Crippen LogP contribution in [-0.4, -0.2) is 44.5 Å². The molecule has 0 saturated carbocycles. The van der Waals surface area contributed by atoms with Gasteiger partial charge in [0, 0.05) is 36.3 Å². The molecule has 0 bridgehead atoms. The van der Waals surface area contributed by atoms with Crippen molar-refractivity contribution in [1.82, 2.24) is 14.6 Å². The Morgan fingerprint density at radius 1 is 0.897 bits per heavy atom. The minimum absolute atomic E-state index is 0.329. The normalized spacial score (nSPS) is 12.1. The summed E-state index contributed by atoms with van der Waals surface area (Å²) >= 11 is 0. The van der Waals surface area contributed by atoms with Crippen molar-refractivity contribution in [3.8, 4) is 0 Å². The van der Waals surface area contributed by atoms with Crippen LogP contribution >= 0.6 is 0 Å². The van der Waals surface area contributed by atoms with Gasteiger partial charge < -0.3 is 4.90 Å². The van der Waals surface area contributed by atoms with Crippen LogP contribution in [0, 0.1) is 0 Å². The van der Waals surface area contributed by atoms with E-state index < -0.39 is 10.0 Å². The number of pyridine rings is 1. The van der Waals surface area contributed by atoms with Crippen molar-refractivity contribution in [2.24, 2.45) is 0 Å². The number of rotatable bonds is 15. The first-order valence-corrected chi connectivity index (χ1v) is 12.6. The highest BCUT2D eigenvalue weighted by Gasteiger charge is 2.17. The van der Waals surface area contributed by atoms with Gasteiger partial charge in [0.1, 0.15) is 0 Å². The quantitative estimate of drug-likeness (QED) is 0.414. The molecule has 2 rings (SSSR count). The van der Waals surface area contributed by atoms with Gasteiger partial charge in [0.2, 0.25) is 10.0 Å². The molecule has 6 heteroatoms. The van der Waals surface area contributed by atoms with Gasteiger partial charge in [-0.1, -0.05) is 64.5 Å². The minimum Gasteiger partial charge on any atom is -0.302 e. The summed E-state index contributed by atoms with van der Waals surface area (Å²) in [7, 11) is -3.55. The SMILES string of the molecule is CCCCCCN(CCCCCC)CCNS(=O)(=O)c1cccc2cnccc12. The van der Waals surface area contributed by atoms with Crippen molar-refractivity contribution in [2.45, 2.75) is 70.1 Å². The van der Waals surface area contributed by atoms with Gasteiger partial charge in [-0.3, -0.25) is 4.98 Å².